The van der Waals surface area contributed by atoms with Crippen molar-refractivity contribution in [2.45, 2.75) is 39.0 Å². The highest BCUT2D eigenvalue weighted by atomic mass is 16.5. The topological polar surface area (TPSA) is 46.5 Å². The van der Waals surface area contributed by atoms with E-state index in [9.17, 15) is 9.90 Å². The van der Waals surface area contributed by atoms with Crippen molar-refractivity contribution in [1.82, 2.24) is 0 Å². The van der Waals surface area contributed by atoms with Crippen molar-refractivity contribution in [3.05, 3.63) is 35.4 Å². The first-order valence-electron chi connectivity index (χ1n) is 6.73. The summed E-state index contributed by atoms with van der Waals surface area (Å²) in [6.07, 6.45) is 0. The van der Waals surface area contributed by atoms with Gasteiger partial charge in [-0.25, -0.2) is 0 Å². The standard InChI is InChI=1S/C16H22O3/c1-11(2)12-5-7-13(8-6-12)16(9-19-10-16)15(3,4)14(17)18/h5-8,11H,9-10H2,1-4H3,(H,17,18). The molecule has 1 fully saturated rings. The third kappa shape index (κ3) is 2.06. The summed E-state index contributed by atoms with van der Waals surface area (Å²) in [5, 5.41) is 9.49. The number of aliphatic carboxylic acids is 1. The Morgan fingerprint density at radius 1 is 1.26 bits per heavy atom. The van der Waals surface area contributed by atoms with Gasteiger partial charge in [-0.2, -0.15) is 0 Å². The van der Waals surface area contributed by atoms with E-state index in [2.05, 4.69) is 38.1 Å². The van der Waals surface area contributed by atoms with Crippen LogP contribution < -0.4 is 0 Å². The Morgan fingerprint density at radius 3 is 2.11 bits per heavy atom. The van der Waals surface area contributed by atoms with E-state index in [4.69, 9.17) is 4.74 Å². The molecular weight excluding hydrogens is 240 g/mol. The lowest BCUT2D eigenvalue weighted by Crippen LogP contribution is -2.59. The lowest BCUT2D eigenvalue weighted by Gasteiger charge is -2.50. The van der Waals surface area contributed by atoms with E-state index in [1.165, 1.54) is 5.56 Å². The van der Waals surface area contributed by atoms with E-state index in [0.717, 1.165) is 5.56 Å². The van der Waals surface area contributed by atoms with Crippen LogP contribution in [0.2, 0.25) is 0 Å². The van der Waals surface area contributed by atoms with Crippen molar-refractivity contribution in [3.63, 3.8) is 0 Å². The van der Waals surface area contributed by atoms with Crippen molar-refractivity contribution >= 4 is 5.97 Å². The van der Waals surface area contributed by atoms with Crippen LogP contribution in [-0.2, 0) is 14.9 Å². The predicted molar refractivity (Wildman–Crippen MR) is 74.4 cm³/mol. The number of carboxylic acids is 1. The molecule has 0 unspecified atom stereocenters. The van der Waals surface area contributed by atoms with Gasteiger partial charge in [-0.05, 0) is 30.9 Å². The Morgan fingerprint density at radius 2 is 1.79 bits per heavy atom. The van der Waals surface area contributed by atoms with E-state index in [1.54, 1.807) is 13.8 Å². The molecule has 0 spiro atoms. The normalized spacial score (nSPS) is 18.2. The van der Waals surface area contributed by atoms with Crippen LogP contribution >= 0.6 is 0 Å². The average Bonchev–Trinajstić information content (AvgIpc) is 2.27. The minimum absolute atomic E-state index is 0.408. The first-order valence-corrected chi connectivity index (χ1v) is 6.73. The molecule has 1 aromatic carbocycles. The smallest absolute Gasteiger partial charge is 0.310 e. The highest BCUT2D eigenvalue weighted by molar-refractivity contribution is 5.76. The molecule has 1 N–H and O–H groups in total. The number of hydrogen-bond acceptors (Lipinski definition) is 2. The molecule has 3 nitrogen and oxygen atoms in total. The van der Waals surface area contributed by atoms with Crippen LogP contribution in [0.3, 0.4) is 0 Å². The fourth-order valence-corrected chi connectivity index (χ4v) is 2.59. The lowest BCUT2D eigenvalue weighted by atomic mass is 9.60. The molecule has 1 aromatic rings. The second-order valence-electron chi connectivity index (χ2n) is 6.28. The Balaban J connectivity index is 2.40. The summed E-state index contributed by atoms with van der Waals surface area (Å²) in [7, 11) is 0. The highest BCUT2D eigenvalue weighted by Gasteiger charge is 2.56. The van der Waals surface area contributed by atoms with Gasteiger partial charge in [0.1, 0.15) is 0 Å². The van der Waals surface area contributed by atoms with Crippen LogP contribution in [0.1, 0.15) is 44.7 Å². The van der Waals surface area contributed by atoms with Crippen LogP contribution in [0.5, 0.6) is 0 Å². The number of carbonyl (C=O) groups is 1. The number of carboxylic acid groups (broad SMARTS) is 1. The van der Waals surface area contributed by atoms with Crippen molar-refractivity contribution in [2.75, 3.05) is 13.2 Å². The van der Waals surface area contributed by atoms with Gasteiger partial charge in [0, 0.05) is 0 Å². The summed E-state index contributed by atoms with van der Waals surface area (Å²) in [4.78, 5) is 11.6. The number of benzene rings is 1. The molecular formula is C16H22O3. The molecule has 1 aliphatic rings. The maximum Gasteiger partial charge on any atom is 0.310 e. The molecule has 3 heteroatoms. The van der Waals surface area contributed by atoms with Gasteiger partial charge in [0.15, 0.2) is 0 Å². The lowest BCUT2D eigenvalue weighted by molar-refractivity contribution is -0.171. The summed E-state index contributed by atoms with van der Waals surface area (Å²) in [5.74, 6) is -0.293. The van der Waals surface area contributed by atoms with Gasteiger partial charge in [0.05, 0.1) is 24.0 Å². The summed E-state index contributed by atoms with van der Waals surface area (Å²) >= 11 is 0. The van der Waals surface area contributed by atoms with Crippen LogP contribution in [0, 0.1) is 5.41 Å². The van der Waals surface area contributed by atoms with E-state index in [1.807, 2.05) is 0 Å². The van der Waals surface area contributed by atoms with Crippen LogP contribution in [0.4, 0.5) is 0 Å². The Labute approximate surface area is 114 Å². The fourth-order valence-electron chi connectivity index (χ4n) is 2.59. The van der Waals surface area contributed by atoms with Gasteiger partial charge < -0.3 is 9.84 Å². The molecule has 2 rings (SSSR count). The van der Waals surface area contributed by atoms with Gasteiger partial charge >= 0.3 is 5.97 Å². The largest absolute Gasteiger partial charge is 0.481 e. The summed E-state index contributed by atoms with van der Waals surface area (Å²) < 4.78 is 5.34. The molecule has 0 radical (unpaired) electrons. The van der Waals surface area contributed by atoms with E-state index < -0.39 is 16.8 Å². The quantitative estimate of drug-likeness (QED) is 0.906. The van der Waals surface area contributed by atoms with Crippen molar-refractivity contribution in [3.8, 4) is 0 Å². The minimum atomic E-state index is -0.829. The molecule has 0 aromatic heterocycles. The monoisotopic (exact) mass is 262 g/mol. The molecule has 0 aliphatic carbocycles. The van der Waals surface area contributed by atoms with Gasteiger partial charge in [-0.15, -0.1) is 0 Å². The zero-order valence-corrected chi connectivity index (χ0v) is 12.1. The van der Waals surface area contributed by atoms with Gasteiger partial charge in [0.25, 0.3) is 0 Å². The Kier molecular flexibility index (Phi) is 3.43. The zero-order valence-electron chi connectivity index (χ0n) is 12.1. The van der Waals surface area contributed by atoms with E-state index in [0.29, 0.717) is 19.1 Å². The third-order valence-corrected chi connectivity index (χ3v) is 4.56. The molecule has 0 amide bonds. The predicted octanol–water partition coefficient (Wildman–Crippen LogP) is 3.19. The molecule has 0 saturated carbocycles. The van der Waals surface area contributed by atoms with Crippen LogP contribution in [-0.4, -0.2) is 24.3 Å². The SMILES string of the molecule is CC(C)c1ccc(C2(C(C)(C)C(=O)O)COC2)cc1. The molecule has 1 aliphatic heterocycles. The van der Waals surface area contributed by atoms with E-state index >= 15 is 0 Å². The fraction of sp³-hybridized carbons (Fsp3) is 0.562. The highest BCUT2D eigenvalue weighted by Crippen LogP contribution is 2.47. The summed E-state index contributed by atoms with van der Waals surface area (Å²) in [6, 6.07) is 8.31. The minimum Gasteiger partial charge on any atom is -0.481 e. The maximum absolute atomic E-state index is 11.6. The molecule has 19 heavy (non-hydrogen) atoms. The van der Waals surface area contributed by atoms with Crippen LogP contribution in [0.15, 0.2) is 24.3 Å². The van der Waals surface area contributed by atoms with Crippen LogP contribution in [0.25, 0.3) is 0 Å². The first-order chi connectivity index (χ1) is 8.81. The average molecular weight is 262 g/mol. The number of hydrogen-bond donors (Lipinski definition) is 1. The maximum atomic E-state index is 11.6. The second-order valence-corrected chi connectivity index (χ2v) is 6.28. The number of ether oxygens (including phenoxy) is 1. The zero-order chi connectivity index (χ0) is 14.3. The third-order valence-electron chi connectivity index (χ3n) is 4.56. The summed E-state index contributed by atoms with van der Waals surface area (Å²) in [6.45, 7) is 8.83. The molecule has 1 saturated heterocycles. The first kappa shape index (κ1) is 14.1. The second kappa shape index (κ2) is 4.64. The van der Waals surface area contributed by atoms with Gasteiger partial charge in [-0.3, -0.25) is 4.79 Å². The molecule has 1 heterocycles. The van der Waals surface area contributed by atoms with E-state index in [-0.39, 0.29) is 0 Å². The van der Waals surface area contributed by atoms with Crippen molar-refractivity contribution in [2.24, 2.45) is 5.41 Å². The Hall–Kier alpha value is -1.35. The molecule has 0 atom stereocenters. The molecule has 104 valence electrons. The Bertz CT molecular complexity index is 467. The van der Waals surface area contributed by atoms with Gasteiger partial charge in [-0.1, -0.05) is 38.1 Å². The summed E-state index contributed by atoms with van der Waals surface area (Å²) in [5.41, 5.74) is 1.10. The van der Waals surface area contributed by atoms with Crippen molar-refractivity contribution < 1.29 is 14.6 Å². The van der Waals surface area contributed by atoms with Gasteiger partial charge in [0.2, 0.25) is 0 Å². The van der Waals surface area contributed by atoms with Crippen molar-refractivity contribution in [1.29, 1.82) is 0 Å². The molecule has 0 bridgehead atoms. The number of rotatable bonds is 4.